The second-order valence-electron chi connectivity index (χ2n) is 8.08. The zero-order chi connectivity index (χ0) is 22.4. The van der Waals surface area contributed by atoms with Gasteiger partial charge in [0.2, 0.25) is 0 Å². The van der Waals surface area contributed by atoms with Crippen LogP contribution in [-0.4, -0.2) is 74.4 Å². The Kier molecular flexibility index (Phi) is 9.96. The van der Waals surface area contributed by atoms with E-state index in [1.165, 1.54) is 0 Å². The summed E-state index contributed by atoms with van der Waals surface area (Å²) in [6.07, 6.45) is 2.28. The highest BCUT2D eigenvalue weighted by molar-refractivity contribution is 14.0. The SMILES string of the molecule is CCC(CS(=O)(=O)c1ccc(C)c(C)c1)NC(=NC)N1CCN(Cc2ccon2)CC1.I. The lowest BCUT2D eigenvalue weighted by Gasteiger charge is -2.37. The fraction of sp³-hybridized carbons (Fsp3) is 0.545. The van der Waals surface area contributed by atoms with Crippen LogP contribution in [-0.2, 0) is 16.4 Å². The molecular formula is C22H34IN5O3S. The van der Waals surface area contributed by atoms with Crippen molar-refractivity contribution in [3.63, 3.8) is 0 Å². The number of nitrogens with one attached hydrogen (secondary N) is 1. The summed E-state index contributed by atoms with van der Waals surface area (Å²) in [4.78, 5) is 9.31. The van der Waals surface area contributed by atoms with Gasteiger partial charge in [-0.05, 0) is 43.5 Å². The number of aryl methyl sites for hydroxylation is 2. The fourth-order valence-corrected chi connectivity index (χ4v) is 5.35. The van der Waals surface area contributed by atoms with Gasteiger partial charge in [0.25, 0.3) is 0 Å². The molecule has 0 spiro atoms. The van der Waals surface area contributed by atoms with Crippen LogP contribution < -0.4 is 5.32 Å². The van der Waals surface area contributed by atoms with E-state index in [4.69, 9.17) is 4.52 Å². The summed E-state index contributed by atoms with van der Waals surface area (Å²) in [6, 6.07) is 7.01. The highest BCUT2D eigenvalue weighted by atomic mass is 127. The number of hydrogen-bond donors (Lipinski definition) is 1. The molecule has 1 aromatic carbocycles. The van der Waals surface area contributed by atoms with Crippen LogP contribution in [0.25, 0.3) is 0 Å². The van der Waals surface area contributed by atoms with E-state index in [2.05, 4.69) is 25.3 Å². The third-order valence-corrected chi connectivity index (χ3v) is 7.66. The third-order valence-electron chi connectivity index (χ3n) is 5.84. The quantitative estimate of drug-likeness (QED) is 0.309. The number of piperazine rings is 1. The van der Waals surface area contributed by atoms with Gasteiger partial charge in [0, 0.05) is 51.9 Å². The van der Waals surface area contributed by atoms with Crippen molar-refractivity contribution in [3.05, 3.63) is 47.3 Å². The van der Waals surface area contributed by atoms with Crippen molar-refractivity contribution in [1.29, 1.82) is 0 Å². The van der Waals surface area contributed by atoms with Gasteiger partial charge in [-0.15, -0.1) is 24.0 Å². The maximum Gasteiger partial charge on any atom is 0.193 e. The minimum absolute atomic E-state index is 0. The Balaban J connectivity index is 0.00000363. The summed E-state index contributed by atoms with van der Waals surface area (Å²) in [5.74, 6) is 0.792. The van der Waals surface area contributed by atoms with E-state index < -0.39 is 9.84 Å². The number of sulfone groups is 1. The summed E-state index contributed by atoms with van der Waals surface area (Å²) in [5.41, 5.74) is 3.01. The number of rotatable bonds is 7. The van der Waals surface area contributed by atoms with E-state index in [0.29, 0.717) is 11.3 Å². The second-order valence-corrected chi connectivity index (χ2v) is 10.1. The molecule has 1 unspecified atom stereocenters. The van der Waals surface area contributed by atoms with Crippen LogP contribution in [0.1, 0.15) is 30.2 Å². The van der Waals surface area contributed by atoms with Crippen LogP contribution in [0.15, 0.2) is 44.9 Å². The van der Waals surface area contributed by atoms with Gasteiger partial charge >= 0.3 is 0 Å². The summed E-state index contributed by atoms with van der Waals surface area (Å²) >= 11 is 0. The lowest BCUT2D eigenvalue weighted by molar-refractivity contribution is 0.168. The van der Waals surface area contributed by atoms with E-state index in [1.54, 1.807) is 25.4 Å². The van der Waals surface area contributed by atoms with Crippen LogP contribution in [0.5, 0.6) is 0 Å². The van der Waals surface area contributed by atoms with Crippen molar-refractivity contribution >= 4 is 39.8 Å². The normalized spacial score (nSPS) is 16.5. The highest BCUT2D eigenvalue weighted by Crippen LogP contribution is 2.18. The Morgan fingerprint density at radius 1 is 1.19 bits per heavy atom. The van der Waals surface area contributed by atoms with Gasteiger partial charge in [-0.25, -0.2) is 8.42 Å². The Bertz CT molecular complexity index is 987. The van der Waals surface area contributed by atoms with Crippen molar-refractivity contribution in [2.45, 2.75) is 44.7 Å². The van der Waals surface area contributed by atoms with Gasteiger partial charge in [0.05, 0.1) is 16.3 Å². The Hall–Kier alpha value is -1.66. The third kappa shape index (κ3) is 6.92. The molecule has 2 aromatic rings. The van der Waals surface area contributed by atoms with Crippen molar-refractivity contribution in [3.8, 4) is 0 Å². The van der Waals surface area contributed by atoms with Gasteiger partial charge < -0.3 is 14.7 Å². The van der Waals surface area contributed by atoms with E-state index in [1.807, 2.05) is 32.9 Å². The number of benzene rings is 1. The molecule has 1 aliphatic heterocycles. The molecule has 178 valence electrons. The van der Waals surface area contributed by atoms with Crippen LogP contribution in [0.4, 0.5) is 0 Å². The molecule has 1 atom stereocenters. The molecule has 2 heterocycles. The zero-order valence-electron chi connectivity index (χ0n) is 19.2. The molecule has 0 aliphatic carbocycles. The predicted molar refractivity (Wildman–Crippen MR) is 137 cm³/mol. The number of nitrogens with zero attached hydrogens (tertiary/aromatic N) is 4. The summed E-state index contributed by atoms with van der Waals surface area (Å²) in [5, 5.41) is 7.36. The standard InChI is InChI=1S/C22H33N5O3S.HI/c1-5-19(16-31(28,29)21-7-6-17(2)18(3)14-21)24-22(23-4)27-11-9-26(10-12-27)15-20-8-13-30-25-20;/h6-8,13-14,19H,5,9-12,15-16H2,1-4H3,(H,23,24);1H. The Labute approximate surface area is 208 Å². The molecule has 0 bridgehead atoms. The molecular weight excluding hydrogens is 541 g/mol. The molecule has 1 fully saturated rings. The molecule has 1 aliphatic rings. The molecule has 0 radical (unpaired) electrons. The van der Waals surface area contributed by atoms with Gasteiger partial charge in [0.1, 0.15) is 6.26 Å². The minimum Gasteiger partial charge on any atom is -0.364 e. The molecule has 0 amide bonds. The topological polar surface area (TPSA) is 91.0 Å². The molecule has 1 N–H and O–H groups in total. The maximum absolute atomic E-state index is 13.0. The van der Waals surface area contributed by atoms with E-state index in [0.717, 1.165) is 55.5 Å². The Morgan fingerprint density at radius 2 is 1.91 bits per heavy atom. The number of halogens is 1. The summed E-state index contributed by atoms with van der Waals surface area (Å²) in [6.45, 7) is 10.1. The minimum atomic E-state index is -3.39. The first kappa shape index (κ1) is 26.6. The average molecular weight is 576 g/mol. The van der Waals surface area contributed by atoms with Crippen molar-refractivity contribution < 1.29 is 12.9 Å². The largest absolute Gasteiger partial charge is 0.364 e. The van der Waals surface area contributed by atoms with Crippen LogP contribution in [0.3, 0.4) is 0 Å². The molecule has 10 heteroatoms. The average Bonchev–Trinajstić information content (AvgIpc) is 3.26. The number of aromatic nitrogens is 1. The maximum atomic E-state index is 13.0. The molecule has 1 aromatic heterocycles. The van der Waals surface area contributed by atoms with Crippen LogP contribution in [0.2, 0.25) is 0 Å². The summed E-state index contributed by atoms with van der Waals surface area (Å²) < 4.78 is 30.9. The van der Waals surface area contributed by atoms with Crippen LogP contribution in [0, 0.1) is 13.8 Å². The first-order valence-electron chi connectivity index (χ1n) is 10.7. The molecule has 8 nitrogen and oxygen atoms in total. The lowest BCUT2D eigenvalue weighted by Crippen LogP contribution is -2.54. The summed E-state index contributed by atoms with van der Waals surface area (Å²) in [7, 11) is -1.65. The van der Waals surface area contributed by atoms with E-state index in [-0.39, 0.29) is 35.8 Å². The molecule has 32 heavy (non-hydrogen) atoms. The monoisotopic (exact) mass is 575 g/mol. The van der Waals surface area contributed by atoms with E-state index in [9.17, 15) is 8.42 Å². The first-order chi connectivity index (χ1) is 14.8. The number of aliphatic imine (C=N–C) groups is 1. The second kappa shape index (κ2) is 12.0. The van der Waals surface area contributed by atoms with Crippen molar-refractivity contribution in [1.82, 2.24) is 20.3 Å². The molecule has 3 rings (SSSR count). The lowest BCUT2D eigenvalue weighted by atomic mass is 10.1. The molecule has 0 saturated carbocycles. The van der Waals surface area contributed by atoms with Crippen molar-refractivity contribution in [2.75, 3.05) is 39.0 Å². The van der Waals surface area contributed by atoms with Gasteiger partial charge in [0.15, 0.2) is 15.8 Å². The fourth-order valence-electron chi connectivity index (χ4n) is 3.68. The zero-order valence-corrected chi connectivity index (χ0v) is 22.4. The van der Waals surface area contributed by atoms with Gasteiger partial charge in [-0.1, -0.05) is 18.1 Å². The number of guanidine groups is 1. The number of hydrogen-bond acceptors (Lipinski definition) is 6. The van der Waals surface area contributed by atoms with Crippen molar-refractivity contribution in [2.24, 2.45) is 4.99 Å². The first-order valence-corrected chi connectivity index (χ1v) is 12.4. The highest BCUT2D eigenvalue weighted by Gasteiger charge is 2.25. The predicted octanol–water partition coefficient (Wildman–Crippen LogP) is 2.85. The van der Waals surface area contributed by atoms with E-state index >= 15 is 0 Å². The van der Waals surface area contributed by atoms with Gasteiger partial charge in [-0.3, -0.25) is 9.89 Å². The van der Waals surface area contributed by atoms with Crippen LogP contribution >= 0.6 is 24.0 Å². The van der Waals surface area contributed by atoms with Gasteiger partial charge in [-0.2, -0.15) is 0 Å². The Morgan fingerprint density at radius 3 is 2.47 bits per heavy atom. The molecule has 1 saturated heterocycles. The smallest absolute Gasteiger partial charge is 0.193 e.